The predicted molar refractivity (Wildman–Crippen MR) is 120 cm³/mol. The fourth-order valence-electron chi connectivity index (χ4n) is 6.74. The molecule has 5 heteroatoms. The Morgan fingerprint density at radius 2 is 1.68 bits per heavy atom. The zero-order chi connectivity index (χ0) is 21.4. The molecule has 1 amide bonds. The third-order valence-corrected chi connectivity index (χ3v) is 7.75. The summed E-state index contributed by atoms with van der Waals surface area (Å²) in [6.07, 6.45) is 10.6. The molecule has 5 nitrogen and oxygen atoms in total. The minimum atomic E-state index is -0.0196. The average molecular weight is 421 g/mol. The molecule has 4 fully saturated rings. The Balaban J connectivity index is 1.24. The van der Waals surface area contributed by atoms with Crippen molar-refractivity contribution in [3.63, 3.8) is 0 Å². The Labute approximate surface area is 184 Å². The average Bonchev–Trinajstić information content (AvgIpc) is 2.78. The number of hydrogen-bond donors (Lipinski definition) is 1. The lowest BCUT2D eigenvalue weighted by Crippen LogP contribution is -2.49. The summed E-state index contributed by atoms with van der Waals surface area (Å²) < 4.78 is 10.7. The number of pyridine rings is 1. The van der Waals surface area contributed by atoms with Crippen molar-refractivity contribution >= 4 is 5.91 Å². The maximum atomic E-state index is 12.9. The molecule has 4 aliphatic rings. The van der Waals surface area contributed by atoms with Gasteiger partial charge in [0, 0.05) is 29.4 Å². The number of carbonyl (C=O) groups excluding carboxylic acids is 1. The van der Waals surface area contributed by atoms with Crippen LogP contribution in [0.4, 0.5) is 0 Å². The van der Waals surface area contributed by atoms with Gasteiger partial charge in [-0.2, -0.15) is 0 Å². The molecule has 31 heavy (non-hydrogen) atoms. The second-order valence-electron chi connectivity index (χ2n) is 9.82. The molecule has 4 aliphatic carbocycles. The molecule has 0 saturated heterocycles. The van der Waals surface area contributed by atoms with E-state index in [4.69, 9.17) is 14.5 Å². The normalized spacial score (nSPS) is 28.4. The Bertz CT molecular complexity index is 936. The van der Waals surface area contributed by atoms with Crippen molar-refractivity contribution in [1.82, 2.24) is 10.3 Å². The Morgan fingerprint density at radius 3 is 2.32 bits per heavy atom. The van der Waals surface area contributed by atoms with Crippen molar-refractivity contribution < 1.29 is 14.3 Å². The summed E-state index contributed by atoms with van der Waals surface area (Å²) in [4.78, 5) is 17.6. The van der Waals surface area contributed by atoms with Crippen LogP contribution >= 0.6 is 0 Å². The van der Waals surface area contributed by atoms with Gasteiger partial charge in [0.15, 0.2) is 11.5 Å². The van der Waals surface area contributed by atoms with E-state index in [0.717, 1.165) is 41.0 Å². The third-order valence-electron chi connectivity index (χ3n) is 7.75. The quantitative estimate of drug-likeness (QED) is 0.714. The molecule has 4 saturated carbocycles. The van der Waals surface area contributed by atoms with Gasteiger partial charge >= 0.3 is 0 Å². The second-order valence-corrected chi connectivity index (χ2v) is 9.82. The van der Waals surface area contributed by atoms with Gasteiger partial charge in [-0.25, -0.2) is 0 Å². The Kier molecular flexibility index (Phi) is 5.37. The fraction of sp³-hybridized carbons (Fsp3) is 0.538. The highest BCUT2D eigenvalue weighted by Crippen LogP contribution is 2.60. The lowest BCUT2D eigenvalue weighted by atomic mass is 9.48. The SMILES string of the molecule is COc1ccc(CCNC(=O)c2ccnc(C34CC5CC(CC(C5)C3)C4)c2)cc1OC. The third kappa shape index (κ3) is 3.90. The van der Waals surface area contributed by atoms with E-state index in [9.17, 15) is 4.79 Å². The molecule has 2 aromatic rings. The van der Waals surface area contributed by atoms with Crippen molar-refractivity contribution in [2.45, 2.75) is 50.4 Å². The van der Waals surface area contributed by atoms with Crippen LogP contribution in [0.5, 0.6) is 11.5 Å². The van der Waals surface area contributed by atoms with Crippen LogP contribution in [0.15, 0.2) is 36.5 Å². The number of carbonyl (C=O) groups is 1. The van der Waals surface area contributed by atoms with E-state index in [2.05, 4.69) is 11.4 Å². The van der Waals surface area contributed by atoms with Crippen LogP contribution in [0.2, 0.25) is 0 Å². The highest BCUT2D eigenvalue weighted by Gasteiger charge is 2.52. The van der Waals surface area contributed by atoms with Crippen LogP contribution < -0.4 is 14.8 Å². The van der Waals surface area contributed by atoms with Gasteiger partial charge in [0.1, 0.15) is 0 Å². The smallest absolute Gasteiger partial charge is 0.251 e. The number of methoxy groups -OCH3 is 2. The highest BCUT2D eigenvalue weighted by atomic mass is 16.5. The first-order valence-electron chi connectivity index (χ1n) is 11.5. The van der Waals surface area contributed by atoms with Gasteiger partial charge in [0.25, 0.3) is 5.91 Å². The molecule has 1 aromatic carbocycles. The summed E-state index contributed by atoms with van der Waals surface area (Å²) in [6, 6.07) is 9.78. The van der Waals surface area contributed by atoms with Gasteiger partial charge in [0.2, 0.25) is 0 Å². The van der Waals surface area contributed by atoms with Crippen molar-refractivity contribution in [3.05, 3.63) is 53.3 Å². The molecule has 0 radical (unpaired) electrons. The summed E-state index contributed by atoms with van der Waals surface area (Å²) in [5, 5.41) is 3.08. The summed E-state index contributed by atoms with van der Waals surface area (Å²) in [5.74, 6) is 4.00. The molecule has 1 N–H and O–H groups in total. The van der Waals surface area contributed by atoms with Gasteiger partial charge in [-0.15, -0.1) is 0 Å². The molecule has 164 valence electrons. The fourth-order valence-corrected chi connectivity index (χ4v) is 6.74. The molecule has 6 rings (SSSR count). The van der Waals surface area contributed by atoms with Gasteiger partial charge in [0.05, 0.1) is 14.2 Å². The van der Waals surface area contributed by atoms with E-state index in [1.165, 1.54) is 38.5 Å². The number of ether oxygens (including phenoxy) is 2. The van der Waals surface area contributed by atoms with E-state index < -0.39 is 0 Å². The number of hydrogen-bond acceptors (Lipinski definition) is 4. The number of nitrogens with zero attached hydrogens (tertiary/aromatic N) is 1. The first-order valence-corrected chi connectivity index (χ1v) is 11.5. The minimum Gasteiger partial charge on any atom is -0.493 e. The number of amides is 1. The lowest BCUT2D eigenvalue weighted by molar-refractivity contribution is -0.00722. The second kappa shape index (κ2) is 8.18. The van der Waals surface area contributed by atoms with Crippen molar-refractivity contribution in [3.8, 4) is 11.5 Å². The summed E-state index contributed by atoms with van der Waals surface area (Å²) >= 11 is 0. The van der Waals surface area contributed by atoms with Crippen molar-refractivity contribution in [2.75, 3.05) is 20.8 Å². The van der Waals surface area contributed by atoms with E-state index in [0.29, 0.717) is 18.0 Å². The number of rotatable bonds is 7. The van der Waals surface area contributed by atoms with Gasteiger partial charge < -0.3 is 14.8 Å². The van der Waals surface area contributed by atoms with Crippen LogP contribution in [0.1, 0.15) is 60.1 Å². The van der Waals surface area contributed by atoms with Gasteiger partial charge in [-0.1, -0.05) is 6.07 Å². The zero-order valence-electron chi connectivity index (χ0n) is 18.5. The molecular formula is C26H32N2O3. The van der Waals surface area contributed by atoms with Crippen LogP contribution in [0, 0.1) is 17.8 Å². The summed E-state index contributed by atoms with van der Waals surface area (Å²) in [7, 11) is 3.26. The largest absolute Gasteiger partial charge is 0.493 e. The molecule has 0 spiro atoms. The van der Waals surface area contributed by atoms with E-state index in [1.54, 1.807) is 14.2 Å². The Hall–Kier alpha value is -2.56. The minimum absolute atomic E-state index is 0.0196. The molecule has 1 aromatic heterocycles. The molecule has 1 heterocycles. The maximum absolute atomic E-state index is 12.9. The first-order chi connectivity index (χ1) is 15.1. The van der Waals surface area contributed by atoms with E-state index >= 15 is 0 Å². The van der Waals surface area contributed by atoms with E-state index in [-0.39, 0.29) is 11.3 Å². The lowest BCUT2D eigenvalue weighted by Gasteiger charge is -2.56. The van der Waals surface area contributed by atoms with Gasteiger partial charge in [-0.05, 0) is 92.5 Å². The molecular weight excluding hydrogens is 388 g/mol. The van der Waals surface area contributed by atoms with Crippen molar-refractivity contribution in [1.29, 1.82) is 0 Å². The Morgan fingerprint density at radius 1 is 1.00 bits per heavy atom. The van der Waals surface area contributed by atoms with Crippen LogP contribution in [0.3, 0.4) is 0 Å². The number of nitrogens with one attached hydrogen (secondary N) is 1. The van der Waals surface area contributed by atoms with Crippen LogP contribution in [0.25, 0.3) is 0 Å². The molecule has 0 aliphatic heterocycles. The van der Waals surface area contributed by atoms with Crippen LogP contribution in [-0.2, 0) is 11.8 Å². The summed E-state index contributed by atoms with van der Waals surface area (Å²) in [6.45, 7) is 0.573. The van der Waals surface area contributed by atoms with Crippen LogP contribution in [-0.4, -0.2) is 31.7 Å². The maximum Gasteiger partial charge on any atom is 0.251 e. The molecule has 0 atom stereocenters. The standard InChI is InChI=1S/C26H32N2O3/c1-30-22-4-3-17(12-23(22)31-2)5-7-28-25(29)21-6-8-27-24(13-21)26-14-18-9-19(15-26)11-20(10-18)16-26/h3-4,6,8,12-13,18-20H,5,7,9-11,14-16H2,1-2H3,(H,28,29). The predicted octanol–water partition coefficient (Wildman–Crippen LogP) is 4.54. The first kappa shape index (κ1) is 20.3. The summed E-state index contributed by atoms with van der Waals surface area (Å²) in [5.41, 5.74) is 3.19. The molecule has 4 bridgehead atoms. The molecule has 0 unspecified atom stereocenters. The van der Waals surface area contributed by atoms with Gasteiger partial charge in [-0.3, -0.25) is 9.78 Å². The monoisotopic (exact) mass is 420 g/mol. The number of aromatic nitrogens is 1. The topological polar surface area (TPSA) is 60.5 Å². The highest BCUT2D eigenvalue weighted by molar-refractivity contribution is 5.94. The zero-order valence-corrected chi connectivity index (χ0v) is 18.5. The number of benzene rings is 1. The van der Waals surface area contributed by atoms with Crippen molar-refractivity contribution in [2.24, 2.45) is 17.8 Å². The van der Waals surface area contributed by atoms with E-state index in [1.807, 2.05) is 30.5 Å².